The first-order valence-corrected chi connectivity index (χ1v) is 10.1. The molecule has 0 saturated carbocycles. The van der Waals surface area contributed by atoms with E-state index in [0.29, 0.717) is 16.8 Å². The number of sulfone groups is 1. The van der Waals surface area contributed by atoms with E-state index in [-0.39, 0.29) is 36.2 Å². The Balaban J connectivity index is 1.98. The van der Waals surface area contributed by atoms with E-state index in [0.717, 1.165) is 25.9 Å². The lowest BCUT2D eigenvalue weighted by Gasteiger charge is -2.29. The molecule has 0 aliphatic carbocycles. The molecule has 1 aromatic carbocycles. The first-order valence-electron chi connectivity index (χ1n) is 8.33. The van der Waals surface area contributed by atoms with Crippen LogP contribution in [0.15, 0.2) is 12.1 Å². The van der Waals surface area contributed by atoms with Gasteiger partial charge in [0, 0.05) is 32.2 Å². The first kappa shape index (κ1) is 17.7. The number of nitro groups is 1. The van der Waals surface area contributed by atoms with E-state index in [1.807, 2.05) is 4.90 Å². The minimum atomic E-state index is -3.08. The molecule has 0 bridgehead atoms. The molecule has 0 N–H and O–H groups in total. The molecule has 9 heteroatoms. The molecule has 0 aromatic heterocycles. The zero-order valence-electron chi connectivity index (χ0n) is 14.1. The Morgan fingerprint density at radius 3 is 2.28 bits per heavy atom. The molecule has 2 aliphatic rings. The molecule has 2 heterocycles. The van der Waals surface area contributed by atoms with Gasteiger partial charge in [0.2, 0.25) is 0 Å². The molecule has 136 valence electrons. The van der Waals surface area contributed by atoms with E-state index < -0.39 is 14.8 Å². The molecule has 2 saturated heterocycles. The SMILES string of the molecule is Cc1c([N+](=O)[O-])ccc(C(=O)N2CCS(=O)(=O)CC2)c1N1CCCC1. The van der Waals surface area contributed by atoms with Crippen LogP contribution in [0.5, 0.6) is 0 Å². The largest absolute Gasteiger partial charge is 0.370 e. The number of hydrogen-bond donors (Lipinski definition) is 0. The van der Waals surface area contributed by atoms with Gasteiger partial charge in [-0.1, -0.05) is 0 Å². The molecule has 2 fully saturated rings. The van der Waals surface area contributed by atoms with E-state index in [1.54, 1.807) is 6.92 Å². The summed E-state index contributed by atoms with van der Waals surface area (Å²) < 4.78 is 23.2. The Kier molecular flexibility index (Phi) is 4.68. The van der Waals surface area contributed by atoms with Gasteiger partial charge < -0.3 is 9.80 Å². The van der Waals surface area contributed by atoms with Gasteiger partial charge in [-0.05, 0) is 25.8 Å². The molecule has 0 unspecified atom stereocenters. The van der Waals surface area contributed by atoms with Crippen LogP contribution in [-0.2, 0) is 9.84 Å². The van der Waals surface area contributed by atoms with E-state index in [2.05, 4.69) is 0 Å². The zero-order chi connectivity index (χ0) is 18.2. The maximum absolute atomic E-state index is 13.0. The second kappa shape index (κ2) is 6.62. The lowest BCUT2D eigenvalue weighted by atomic mass is 10.0. The fraction of sp³-hybridized carbons (Fsp3) is 0.562. The monoisotopic (exact) mass is 367 g/mol. The van der Waals surface area contributed by atoms with Gasteiger partial charge in [-0.25, -0.2) is 8.42 Å². The Labute approximate surface area is 146 Å². The number of nitrogens with zero attached hydrogens (tertiary/aromatic N) is 3. The molecule has 25 heavy (non-hydrogen) atoms. The highest BCUT2D eigenvalue weighted by atomic mass is 32.2. The van der Waals surface area contributed by atoms with Gasteiger partial charge in [0.25, 0.3) is 11.6 Å². The molecule has 1 amide bonds. The normalized spacial score (nSPS) is 19.9. The molecular weight excluding hydrogens is 346 g/mol. The molecule has 0 radical (unpaired) electrons. The summed E-state index contributed by atoms with van der Waals surface area (Å²) >= 11 is 0. The van der Waals surface area contributed by atoms with Crippen LogP contribution in [0.25, 0.3) is 0 Å². The second-order valence-electron chi connectivity index (χ2n) is 6.50. The topological polar surface area (TPSA) is 101 Å². The maximum Gasteiger partial charge on any atom is 0.274 e. The molecule has 0 spiro atoms. The van der Waals surface area contributed by atoms with Gasteiger partial charge in [-0.15, -0.1) is 0 Å². The van der Waals surface area contributed by atoms with E-state index in [4.69, 9.17) is 0 Å². The fourth-order valence-electron chi connectivity index (χ4n) is 3.49. The number of hydrogen-bond acceptors (Lipinski definition) is 6. The Morgan fingerprint density at radius 1 is 1.12 bits per heavy atom. The summed E-state index contributed by atoms with van der Waals surface area (Å²) in [6.45, 7) is 3.52. The predicted octanol–water partition coefficient (Wildman–Crippen LogP) is 1.37. The third-order valence-electron chi connectivity index (χ3n) is 4.88. The van der Waals surface area contributed by atoms with Crippen molar-refractivity contribution in [2.45, 2.75) is 19.8 Å². The third-order valence-corrected chi connectivity index (χ3v) is 6.49. The van der Waals surface area contributed by atoms with Crippen LogP contribution in [0.4, 0.5) is 11.4 Å². The minimum Gasteiger partial charge on any atom is -0.370 e. The van der Waals surface area contributed by atoms with Crippen molar-refractivity contribution in [3.63, 3.8) is 0 Å². The summed E-state index contributed by atoms with van der Waals surface area (Å²) in [7, 11) is -3.08. The number of nitro benzene ring substituents is 1. The van der Waals surface area contributed by atoms with Crippen molar-refractivity contribution >= 4 is 27.1 Å². The number of amides is 1. The molecule has 8 nitrogen and oxygen atoms in total. The van der Waals surface area contributed by atoms with Crippen molar-refractivity contribution in [1.29, 1.82) is 0 Å². The Hall–Kier alpha value is -2.16. The molecule has 0 atom stereocenters. The van der Waals surface area contributed by atoms with Crippen LogP contribution in [0, 0.1) is 17.0 Å². The van der Waals surface area contributed by atoms with Crippen molar-refractivity contribution in [3.8, 4) is 0 Å². The van der Waals surface area contributed by atoms with Crippen molar-refractivity contribution in [2.75, 3.05) is 42.6 Å². The number of rotatable bonds is 3. The van der Waals surface area contributed by atoms with Crippen LogP contribution in [-0.4, -0.2) is 61.8 Å². The van der Waals surface area contributed by atoms with Gasteiger partial charge >= 0.3 is 0 Å². The Morgan fingerprint density at radius 2 is 1.72 bits per heavy atom. The second-order valence-corrected chi connectivity index (χ2v) is 8.80. The van der Waals surface area contributed by atoms with Gasteiger partial charge in [0.1, 0.15) is 0 Å². The molecule has 2 aliphatic heterocycles. The summed E-state index contributed by atoms with van der Waals surface area (Å²) in [5.74, 6) is -0.331. The highest BCUT2D eigenvalue weighted by Crippen LogP contribution is 2.35. The number of carbonyl (C=O) groups excluding carboxylic acids is 1. The standard InChI is InChI=1S/C16H21N3O5S/c1-12-14(19(21)22)5-4-13(15(12)17-6-2-3-7-17)16(20)18-8-10-25(23,24)11-9-18/h4-5H,2-3,6-11H2,1H3. The van der Waals surface area contributed by atoms with Crippen LogP contribution in [0.2, 0.25) is 0 Å². The van der Waals surface area contributed by atoms with Gasteiger partial charge in [0.05, 0.1) is 33.2 Å². The van der Waals surface area contributed by atoms with Crippen molar-refractivity contribution < 1.29 is 18.1 Å². The summed E-state index contributed by atoms with van der Waals surface area (Å²) in [5.41, 5.74) is 1.52. The summed E-state index contributed by atoms with van der Waals surface area (Å²) in [5, 5.41) is 11.3. The lowest BCUT2D eigenvalue weighted by Crippen LogP contribution is -2.44. The van der Waals surface area contributed by atoms with E-state index in [9.17, 15) is 23.3 Å². The lowest BCUT2D eigenvalue weighted by molar-refractivity contribution is -0.385. The smallest absolute Gasteiger partial charge is 0.274 e. The fourth-order valence-corrected chi connectivity index (χ4v) is 4.70. The Bertz CT molecular complexity index is 801. The summed E-state index contributed by atoms with van der Waals surface area (Å²) in [6.07, 6.45) is 1.97. The van der Waals surface area contributed by atoms with Gasteiger partial charge in [0.15, 0.2) is 9.84 Å². The van der Waals surface area contributed by atoms with E-state index >= 15 is 0 Å². The quantitative estimate of drug-likeness (QED) is 0.591. The maximum atomic E-state index is 13.0. The highest BCUT2D eigenvalue weighted by molar-refractivity contribution is 7.91. The average Bonchev–Trinajstić information content (AvgIpc) is 3.07. The molecular formula is C16H21N3O5S. The predicted molar refractivity (Wildman–Crippen MR) is 93.8 cm³/mol. The molecule has 1 aromatic rings. The van der Waals surface area contributed by atoms with Crippen LogP contribution < -0.4 is 4.90 Å². The summed E-state index contributed by atoms with van der Waals surface area (Å²) in [4.78, 5) is 27.3. The highest BCUT2D eigenvalue weighted by Gasteiger charge is 2.31. The van der Waals surface area contributed by atoms with Crippen LogP contribution in [0.1, 0.15) is 28.8 Å². The van der Waals surface area contributed by atoms with Gasteiger partial charge in [-0.3, -0.25) is 14.9 Å². The number of anilines is 1. The molecule has 3 rings (SSSR count). The third kappa shape index (κ3) is 3.46. The summed E-state index contributed by atoms with van der Waals surface area (Å²) in [6, 6.07) is 2.87. The average molecular weight is 367 g/mol. The van der Waals surface area contributed by atoms with Crippen molar-refractivity contribution in [2.24, 2.45) is 0 Å². The zero-order valence-corrected chi connectivity index (χ0v) is 14.9. The van der Waals surface area contributed by atoms with Crippen LogP contribution in [0.3, 0.4) is 0 Å². The number of benzene rings is 1. The van der Waals surface area contributed by atoms with Gasteiger partial charge in [-0.2, -0.15) is 0 Å². The van der Waals surface area contributed by atoms with Crippen molar-refractivity contribution in [3.05, 3.63) is 33.4 Å². The number of carbonyl (C=O) groups is 1. The van der Waals surface area contributed by atoms with Crippen molar-refractivity contribution in [1.82, 2.24) is 4.90 Å². The van der Waals surface area contributed by atoms with E-state index in [1.165, 1.54) is 17.0 Å². The minimum absolute atomic E-state index is 0.000304. The van der Waals surface area contributed by atoms with Crippen LogP contribution >= 0.6 is 0 Å². The first-order chi connectivity index (χ1) is 11.8.